The van der Waals surface area contributed by atoms with Crippen LogP contribution in [0.25, 0.3) is 4.96 Å². The zero-order valence-electron chi connectivity index (χ0n) is 9.69. The van der Waals surface area contributed by atoms with Crippen molar-refractivity contribution < 1.29 is 9.53 Å². The summed E-state index contributed by atoms with van der Waals surface area (Å²) in [6, 6.07) is 0. The van der Waals surface area contributed by atoms with Crippen molar-refractivity contribution in [3.8, 4) is 12.3 Å². The SMILES string of the molecule is C#Cc1nc2scc(CCC(=O)OC)n2c1C. The number of hydrogen-bond acceptors (Lipinski definition) is 4. The van der Waals surface area contributed by atoms with E-state index in [0.717, 1.165) is 16.3 Å². The van der Waals surface area contributed by atoms with Crippen LogP contribution < -0.4 is 0 Å². The molecule has 0 aliphatic rings. The summed E-state index contributed by atoms with van der Waals surface area (Å²) in [5.74, 6) is 2.35. The zero-order chi connectivity index (χ0) is 12.4. The second-order valence-electron chi connectivity index (χ2n) is 3.61. The molecule has 2 aromatic rings. The highest BCUT2D eigenvalue weighted by atomic mass is 32.1. The summed E-state index contributed by atoms with van der Waals surface area (Å²) >= 11 is 1.53. The first-order chi connectivity index (χ1) is 8.17. The van der Waals surface area contributed by atoms with Gasteiger partial charge in [0.2, 0.25) is 0 Å². The van der Waals surface area contributed by atoms with Crippen molar-refractivity contribution in [1.82, 2.24) is 9.38 Å². The van der Waals surface area contributed by atoms with Crippen molar-refractivity contribution in [2.75, 3.05) is 7.11 Å². The largest absolute Gasteiger partial charge is 0.469 e. The van der Waals surface area contributed by atoms with Gasteiger partial charge in [0.25, 0.3) is 0 Å². The molecule has 2 rings (SSSR count). The van der Waals surface area contributed by atoms with Gasteiger partial charge in [0.1, 0.15) is 5.69 Å². The van der Waals surface area contributed by atoms with Gasteiger partial charge in [0, 0.05) is 11.1 Å². The monoisotopic (exact) mass is 248 g/mol. The number of rotatable bonds is 3. The number of imidazole rings is 1. The maximum atomic E-state index is 11.1. The number of fused-ring (bicyclic) bond motifs is 1. The lowest BCUT2D eigenvalue weighted by atomic mass is 10.2. The molecule has 0 atom stereocenters. The van der Waals surface area contributed by atoms with Crippen LogP contribution in [0.1, 0.15) is 23.5 Å². The van der Waals surface area contributed by atoms with Crippen LogP contribution in [0.4, 0.5) is 0 Å². The first kappa shape index (κ1) is 11.7. The number of esters is 1. The average molecular weight is 248 g/mol. The Balaban J connectivity index is 2.32. The predicted molar refractivity (Wildman–Crippen MR) is 66.1 cm³/mol. The van der Waals surface area contributed by atoms with Crippen molar-refractivity contribution in [1.29, 1.82) is 0 Å². The van der Waals surface area contributed by atoms with Crippen molar-refractivity contribution in [3.05, 3.63) is 22.5 Å². The van der Waals surface area contributed by atoms with Gasteiger partial charge in [-0.25, -0.2) is 4.98 Å². The molecule has 2 heterocycles. The second-order valence-corrected chi connectivity index (χ2v) is 4.45. The molecular formula is C12H12N2O2S. The van der Waals surface area contributed by atoms with E-state index in [0.29, 0.717) is 18.5 Å². The van der Waals surface area contributed by atoms with E-state index in [2.05, 4.69) is 15.6 Å². The quantitative estimate of drug-likeness (QED) is 0.614. The zero-order valence-corrected chi connectivity index (χ0v) is 10.5. The maximum Gasteiger partial charge on any atom is 0.305 e. The second kappa shape index (κ2) is 4.60. The van der Waals surface area contributed by atoms with Crippen molar-refractivity contribution >= 4 is 22.3 Å². The summed E-state index contributed by atoms with van der Waals surface area (Å²) in [7, 11) is 1.39. The third-order valence-corrected chi connectivity index (χ3v) is 3.49. The van der Waals surface area contributed by atoms with Gasteiger partial charge in [0.15, 0.2) is 4.96 Å². The number of methoxy groups -OCH3 is 1. The van der Waals surface area contributed by atoms with Crippen LogP contribution in [-0.4, -0.2) is 22.5 Å². The molecule has 0 aliphatic heterocycles. The Labute approximate surface area is 103 Å². The van der Waals surface area contributed by atoms with Gasteiger partial charge in [-0.2, -0.15) is 0 Å². The minimum absolute atomic E-state index is 0.209. The van der Waals surface area contributed by atoms with Gasteiger partial charge in [-0.15, -0.1) is 17.8 Å². The molecule has 0 N–H and O–H groups in total. The van der Waals surface area contributed by atoms with E-state index in [1.54, 1.807) is 0 Å². The van der Waals surface area contributed by atoms with Crippen LogP contribution in [0.5, 0.6) is 0 Å². The predicted octanol–water partition coefficient (Wildman–Crippen LogP) is 1.79. The molecular weight excluding hydrogens is 236 g/mol. The third-order valence-electron chi connectivity index (χ3n) is 2.61. The molecule has 0 saturated carbocycles. The lowest BCUT2D eigenvalue weighted by Gasteiger charge is -2.00. The number of ether oxygens (including phenoxy) is 1. The van der Waals surface area contributed by atoms with E-state index in [1.807, 2.05) is 16.7 Å². The van der Waals surface area contributed by atoms with E-state index in [9.17, 15) is 4.79 Å². The Hall–Kier alpha value is -1.80. The first-order valence-electron chi connectivity index (χ1n) is 5.16. The Morgan fingerprint density at radius 1 is 1.71 bits per heavy atom. The van der Waals surface area contributed by atoms with Crippen LogP contribution in [0.3, 0.4) is 0 Å². The van der Waals surface area contributed by atoms with E-state index in [1.165, 1.54) is 18.4 Å². The molecule has 0 aromatic carbocycles. The molecule has 0 aliphatic carbocycles. The van der Waals surface area contributed by atoms with Gasteiger partial charge in [-0.3, -0.25) is 9.20 Å². The number of aromatic nitrogens is 2. The number of hydrogen-bond donors (Lipinski definition) is 0. The molecule has 0 amide bonds. The molecule has 4 nitrogen and oxygen atoms in total. The molecule has 0 fully saturated rings. The van der Waals surface area contributed by atoms with Crippen LogP contribution in [0.2, 0.25) is 0 Å². The molecule has 2 aromatic heterocycles. The number of terminal acetylenes is 1. The van der Waals surface area contributed by atoms with Crippen molar-refractivity contribution in [2.45, 2.75) is 19.8 Å². The number of thiazole rings is 1. The summed E-state index contributed by atoms with van der Waals surface area (Å²) in [5, 5.41) is 2.00. The van der Waals surface area contributed by atoms with Gasteiger partial charge >= 0.3 is 5.97 Å². The van der Waals surface area contributed by atoms with E-state index in [-0.39, 0.29) is 5.97 Å². The fraction of sp³-hybridized carbons (Fsp3) is 0.333. The van der Waals surface area contributed by atoms with Crippen LogP contribution in [-0.2, 0) is 16.0 Å². The number of nitrogens with zero attached hydrogens (tertiary/aromatic N) is 2. The fourth-order valence-electron chi connectivity index (χ4n) is 1.71. The van der Waals surface area contributed by atoms with Crippen molar-refractivity contribution in [2.24, 2.45) is 0 Å². The van der Waals surface area contributed by atoms with Crippen LogP contribution in [0.15, 0.2) is 5.38 Å². The number of carbonyl (C=O) groups excluding carboxylic acids is 1. The molecule has 5 heteroatoms. The Bertz CT molecular complexity index is 604. The number of aryl methyl sites for hydroxylation is 2. The highest BCUT2D eigenvalue weighted by molar-refractivity contribution is 7.15. The highest BCUT2D eigenvalue weighted by Crippen LogP contribution is 2.21. The van der Waals surface area contributed by atoms with Crippen LogP contribution >= 0.6 is 11.3 Å². The maximum absolute atomic E-state index is 11.1. The highest BCUT2D eigenvalue weighted by Gasteiger charge is 2.13. The van der Waals surface area contributed by atoms with Gasteiger partial charge in [0.05, 0.1) is 19.2 Å². The lowest BCUT2D eigenvalue weighted by Crippen LogP contribution is -2.03. The average Bonchev–Trinajstić information content (AvgIpc) is 2.87. The minimum atomic E-state index is -0.209. The molecule has 0 radical (unpaired) electrons. The molecule has 0 bridgehead atoms. The summed E-state index contributed by atoms with van der Waals surface area (Å²) in [6.45, 7) is 1.93. The van der Waals surface area contributed by atoms with Gasteiger partial charge in [-0.05, 0) is 19.3 Å². The van der Waals surface area contributed by atoms with Crippen LogP contribution in [0, 0.1) is 19.3 Å². The molecule has 0 unspecified atom stereocenters. The molecule has 0 saturated heterocycles. The fourth-order valence-corrected chi connectivity index (χ4v) is 2.67. The lowest BCUT2D eigenvalue weighted by molar-refractivity contribution is -0.140. The van der Waals surface area contributed by atoms with E-state index in [4.69, 9.17) is 6.42 Å². The molecule has 0 spiro atoms. The minimum Gasteiger partial charge on any atom is -0.469 e. The topological polar surface area (TPSA) is 43.6 Å². The normalized spacial score (nSPS) is 10.4. The molecule has 88 valence electrons. The first-order valence-corrected chi connectivity index (χ1v) is 6.04. The Morgan fingerprint density at radius 2 is 2.47 bits per heavy atom. The summed E-state index contributed by atoms with van der Waals surface area (Å²) in [5.41, 5.74) is 2.65. The summed E-state index contributed by atoms with van der Waals surface area (Å²) in [4.78, 5) is 16.3. The standard InChI is InChI=1S/C12H12N2O2S/c1-4-10-8(2)14-9(5-6-11(15)16-3)7-17-12(14)13-10/h1,7H,5-6H2,2-3H3. The van der Waals surface area contributed by atoms with E-state index >= 15 is 0 Å². The third kappa shape index (κ3) is 2.04. The summed E-state index contributed by atoms with van der Waals surface area (Å²) < 4.78 is 6.63. The van der Waals surface area contributed by atoms with Gasteiger partial charge < -0.3 is 4.74 Å². The summed E-state index contributed by atoms with van der Waals surface area (Å²) in [6.07, 6.45) is 6.37. The van der Waals surface area contributed by atoms with Crippen molar-refractivity contribution in [3.63, 3.8) is 0 Å². The Kier molecular flexibility index (Phi) is 3.16. The smallest absolute Gasteiger partial charge is 0.305 e. The molecule has 17 heavy (non-hydrogen) atoms. The van der Waals surface area contributed by atoms with E-state index < -0.39 is 0 Å². The van der Waals surface area contributed by atoms with Gasteiger partial charge in [-0.1, -0.05) is 0 Å². The number of carbonyl (C=O) groups is 1. The Morgan fingerprint density at radius 3 is 3.12 bits per heavy atom.